The van der Waals surface area contributed by atoms with Crippen molar-refractivity contribution in [1.82, 2.24) is 4.57 Å². The van der Waals surface area contributed by atoms with Crippen LogP contribution in [-0.4, -0.2) is 49.8 Å². The topological polar surface area (TPSA) is 52.9 Å². The van der Waals surface area contributed by atoms with Gasteiger partial charge in [0.25, 0.3) is 0 Å². The molecule has 0 aliphatic rings. The van der Waals surface area contributed by atoms with Crippen molar-refractivity contribution in [2.24, 2.45) is 0 Å². The number of aromatic nitrogens is 1. The Balaban J connectivity index is 2.04. The average Bonchev–Trinajstić information content (AvgIpc) is 2.89. The van der Waals surface area contributed by atoms with Crippen LogP contribution in [-0.2, 0) is 20.8 Å². The van der Waals surface area contributed by atoms with Gasteiger partial charge in [0.2, 0.25) is 0 Å². The first-order valence-electron chi connectivity index (χ1n) is 6.76. The monoisotopic (exact) mass is 271 g/mol. The highest BCUT2D eigenvalue weighted by molar-refractivity contribution is 5.13. The fourth-order valence-corrected chi connectivity index (χ4v) is 1.67. The largest absolute Gasteiger partial charge is 0.388 e. The zero-order chi connectivity index (χ0) is 13.9. The van der Waals surface area contributed by atoms with Crippen LogP contribution < -0.4 is 0 Å². The normalized spacial score (nSPS) is 12.8. The predicted molar refractivity (Wildman–Crippen MR) is 73.2 cm³/mol. The number of methoxy groups -OCH3 is 1. The summed E-state index contributed by atoms with van der Waals surface area (Å²) in [4.78, 5) is 0. The van der Waals surface area contributed by atoms with E-state index in [1.807, 2.05) is 30.0 Å². The summed E-state index contributed by atoms with van der Waals surface area (Å²) in [5, 5.41) is 9.68. The fourth-order valence-electron chi connectivity index (χ4n) is 1.67. The van der Waals surface area contributed by atoms with E-state index in [-0.39, 0.29) is 6.10 Å². The van der Waals surface area contributed by atoms with E-state index in [1.54, 1.807) is 7.11 Å². The van der Waals surface area contributed by atoms with E-state index >= 15 is 0 Å². The molecule has 0 saturated carbocycles. The summed E-state index contributed by atoms with van der Waals surface area (Å²) in [5.41, 5.74) is 0.963. The van der Waals surface area contributed by atoms with Gasteiger partial charge in [-0.1, -0.05) is 6.92 Å². The molecule has 1 unspecified atom stereocenters. The summed E-state index contributed by atoms with van der Waals surface area (Å²) in [6.07, 6.45) is 4.30. The summed E-state index contributed by atoms with van der Waals surface area (Å²) in [6, 6.07) is 1.95. The van der Waals surface area contributed by atoms with Crippen LogP contribution in [0, 0.1) is 0 Å². The van der Waals surface area contributed by atoms with Crippen molar-refractivity contribution < 1.29 is 19.3 Å². The van der Waals surface area contributed by atoms with E-state index in [0.29, 0.717) is 33.0 Å². The third kappa shape index (κ3) is 6.73. The molecule has 0 aromatic carbocycles. The summed E-state index contributed by atoms with van der Waals surface area (Å²) < 4.78 is 17.6. The highest BCUT2D eigenvalue weighted by atomic mass is 16.5. The summed E-state index contributed by atoms with van der Waals surface area (Å²) in [7, 11) is 1.65. The van der Waals surface area contributed by atoms with Gasteiger partial charge in [0.1, 0.15) is 0 Å². The van der Waals surface area contributed by atoms with Gasteiger partial charge in [-0.05, 0) is 18.1 Å². The molecule has 1 aromatic heterocycles. The molecule has 19 heavy (non-hydrogen) atoms. The Kier molecular flexibility index (Phi) is 8.49. The lowest BCUT2D eigenvalue weighted by atomic mass is 10.1. The number of aliphatic hydroxyl groups is 1. The lowest BCUT2D eigenvalue weighted by Crippen LogP contribution is -2.11. The van der Waals surface area contributed by atoms with Gasteiger partial charge < -0.3 is 23.9 Å². The number of ether oxygens (including phenoxy) is 3. The molecule has 0 aliphatic heterocycles. The van der Waals surface area contributed by atoms with Crippen LogP contribution >= 0.6 is 0 Å². The summed E-state index contributed by atoms with van der Waals surface area (Å²) in [6.45, 7) is 5.80. The van der Waals surface area contributed by atoms with Gasteiger partial charge >= 0.3 is 0 Å². The predicted octanol–water partition coefficient (Wildman–Crippen LogP) is 1.61. The van der Waals surface area contributed by atoms with E-state index in [9.17, 15) is 5.11 Å². The molecule has 0 aliphatic carbocycles. The quantitative estimate of drug-likeness (QED) is 0.621. The maximum absolute atomic E-state index is 9.68. The number of hydrogen-bond acceptors (Lipinski definition) is 4. The molecule has 1 rings (SSSR count). The Morgan fingerprint density at radius 1 is 1.16 bits per heavy atom. The van der Waals surface area contributed by atoms with Crippen LogP contribution in [0.4, 0.5) is 0 Å². The maximum Gasteiger partial charge on any atom is 0.0802 e. The lowest BCUT2D eigenvalue weighted by Gasteiger charge is -2.07. The second-order valence-electron chi connectivity index (χ2n) is 4.32. The molecule has 1 aromatic rings. The molecular formula is C14H25NO4. The number of hydrogen-bond donors (Lipinski definition) is 1. The third-order valence-electron chi connectivity index (χ3n) is 2.84. The first-order valence-corrected chi connectivity index (χ1v) is 6.76. The smallest absolute Gasteiger partial charge is 0.0802 e. The molecule has 110 valence electrons. The zero-order valence-electron chi connectivity index (χ0n) is 11.9. The molecular weight excluding hydrogens is 246 g/mol. The highest BCUT2D eigenvalue weighted by Gasteiger charge is 2.05. The molecule has 0 bridgehead atoms. The van der Waals surface area contributed by atoms with E-state index in [4.69, 9.17) is 14.2 Å². The van der Waals surface area contributed by atoms with E-state index in [0.717, 1.165) is 18.5 Å². The zero-order valence-corrected chi connectivity index (χ0v) is 11.9. The standard InChI is InChI=1S/C14H25NO4/c1-3-14(16)13-4-5-15(12-13)6-7-18-10-11-19-9-8-17-2/h4-5,12,14,16H,3,6-11H2,1-2H3. The minimum Gasteiger partial charge on any atom is -0.388 e. The maximum atomic E-state index is 9.68. The van der Waals surface area contributed by atoms with Crippen molar-refractivity contribution in [2.45, 2.75) is 26.0 Å². The van der Waals surface area contributed by atoms with Crippen molar-refractivity contribution >= 4 is 0 Å². The molecule has 0 fully saturated rings. The van der Waals surface area contributed by atoms with Crippen LogP contribution in [0.15, 0.2) is 18.5 Å². The van der Waals surface area contributed by atoms with Gasteiger partial charge in [-0.2, -0.15) is 0 Å². The third-order valence-corrected chi connectivity index (χ3v) is 2.84. The SMILES string of the molecule is CCC(O)c1ccn(CCOCCOCCOC)c1. The van der Waals surface area contributed by atoms with Crippen LogP contribution in [0.2, 0.25) is 0 Å². The first-order chi connectivity index (χ1) is 9.27. The van der Waals surface area contributed by atoms with Crippen molar-refractivity contribution in [2.75, 3.05) is 40.1 Å². The Morgan fingerprint density at radius 3 is 2.53 bits per heavy atom. The molecule has 1 atom stereocenters. The van der Waals surface area contributed by atoms with Gasteiger partial charge in [-0.3, -0.25) is 0 Å². The average molecular weight is 271 g/mol. The Bertz CT molecular complexity index is 327. The molecule has 0 saturated heterocycles. The Morgan fingerprint density at radius 2 is 1.84 bits per heavy atom. The Labute approximate surface area is 115 Å². The fraction of sp³-hybridized carbons (Fsp3) is 0.714. The summed E-state index contributed by atoms with van der Waals surface area (Å²) >= 11 is 0. The van der Waals surface area contributed by atoms with Crippen LogP contribution in [0.5, 0.6) is 0 Å². The van der Waals surface area contributed by atoms with Crippen molar-refractivity contribution in [3.63, 3.8) is 0 Å². The van der Waals surface area contributed by atoms with Gasteiger partial charge in [-0.15, -0.1) is 0 Å². The number of nitrogens with zero attached hydrogens (tertiary/aromatic N) is 1. The molecule has 0 amide bonds. The Hall–Kier alpha value is -0.880. The van der Waals surface area contributed by atoms with Crippen molar-refractivity contribution in [3.8, 4) is 0 Å². The molecule has 5 heteroatoms. The second-order valence-corrected chi connectivity index (χ2v) is 4.32. The molecule has 1 heterocycles. The van der Waals surface area contributed by atoms with Crippen LogP contribution in [0.3, 0.4) is 0 Å². The highest BCUT2D eigenvalue weighted by Crippen LogP contribution is 2.15. The van der Waals surface area contributed by atoms with Gasteiger partial charge in [-0.25, -0.2) is 0 Å². The lowest BCUT2D eigenvalue weighted by molar-refractivity contribution is 0.0230. The van der Waals surface area contributed by atoms with E-state index in [1.165, 1.54) is 0 Å². The van der Waals surface area contributed by atoms with E-state index in [2.05, 4.69) is 0 Å². The molecule has 0 spiro atoms. The minimum absolute atomic E-state index is 0.364. The van der Waals surface area contributed by atoms with Gasteiger partial charge in [0.05, 0.1) is 39.1 Å². The molecule has 5 nitrogen and oxygen atoms in total. The van der Waals surface area contributed by atoms with E-state index < -0.39 is 0 Å². The minimum atomic E-state index is -0.364. The van der Waals surface area contributed by atoms with Crippen molar-refractivity contribution in [1.29, 1.82) is 0 Å². The van der Waals surface area contributed by atoms with Crippen molar-refractivity contribution in [3.05, 3.63) is 24.0 Å². The van der Waals surface area contributed by atoms with Crippen LogP contribution in [0.1, 0.15) is 25.0 Å². The van der Waals surface area contributed by atoms with Crippen LogP contribution in [0.25, 0.3) is 0 Å². The molecule has 0 radical (unpaired) electrons. The molecule has 1 N–H and O–H groups in total. The van der Waals surface area contributed by atoms with Gasteiger partial charge in [0.15, 0.2) is 0 Å². The number of rotatable bonds is 11. The first kappa shape index (κ1) is 16.2. The second kappa shape index (κ2) is 9.97. The number of aliphatic hydroxyl groups excluding tert-OH is 1. The van der Waals surface area contributed by atoms with Gasteiger partial charge in [0, 0.05) is 26.0 Å². The summed E-state index contributed by atoms with van der Waals surface area (Å²) in [5.74, 6) is 0.